The second-order valence-electron chi connectivity index (χ2n) is 7.18. The average Bonchev–Trinajstić information content (AvgIpc) is 3.46. The third-order valence-corrected chi connectivity index (χ3v) is 6.28. The van der Waals surface area contributed by atoms with Crippen LogP contribution >= 0.6 is 11.6 Å². The van der Waals surface area contributed by atoms with Gasteiger partial charge in [0, 0.05) is 16.5 Å². The first-order chi connectivity index (χ1) is 14.7. The first-order valence-electron chi connectivity index (χ1n) is 9.41. The van der Waals surface area contributed by atoms with Gasteiger partial charge in [-0.05, 0) is 48.7 Å². The molecule has 2 aromatic rings. The molecule has 1 aliphatic rings. The summed E-state index contributed by atoms with van der Waals surface area (Å²) in [5, 5.41) is 2.86. The molecule has 2 aromatic carbocycles. The highest BCUT2D eigenvalue weighted by Crippen LogP contribution is 2.37. The highest BCUT2D eigenvalue weighted by Gasteiger charge is 2.38. The first kappa shape index (κ1) is 22.6. The van der Waals surface area contributed by atoms with Crippen LogP contribution in [0.25, 0.3) is 0 Å². The maximum absolute atomic E-state index is 12.6. The molecule has 0 spiro atoms. The van der Waals surface area contributed by atoms with Crippen molar-refractivity contribution in [2.45, 2.75) is 18.2 Å². The Bertz CT molecular complexity index is 1120. The van der Waals surface area contributed by atoms with Crippen LogP contribution < -0.4 is 20.9 Å². The number of amides is 3. The van der Waals surface area contributed by atoms with Crippen LogP contribution in [0.4, 0.5) is 5.69 Å². The Kier molecular flexibility index (Phi) is 6.81. The van der Waals surface area contributed by atoms with Crippen LogP contribution in [0, 0.1) is 11.8 Å². The van der Waals surface area contributed by atoms with Gasteiger partial charge < -0.3 is 5.32 Å². The molecule has 4 N–H and O–H groups in total. The largest absolute Gasteiger partial charge is 0.347 e. The second-order valence-corrected chi connectivity index (χ2v) is 9.30. The number of hydrogen-bond acceptors (Lipinski definition) is 5. The molecule has 1 fully saturated rings. The molecule has 0 radical (unpaired) electrons. The third-order valence-electron chi connectivity index (χ3n) is 4.67. The van der Waals surface area contributed by atoms with Crippen molar-refractivity contribution in [3.8, 4) is 0 Å². The number of sulfonamides is 1. The number of benzene rings is 2. The van der Waals surface area contributed by atoms with Crippen LogP contribution in [-0.4, -0.2) is 32.7 Å². The Morgan fingerprint density at radius 2 is 1.77 bits per heavy atom. The maximum atomic E-state index is 12.6. The van der Waals surface area contributed by atoms with E-state index in [2.05, 4.69) is 20.9 Å². The fourth-order valence-corrected chi connectivity index (χ4v) is 4.08. The Labute approximate surface area is 184 Å². The van der Waals surface area contributed by atoms with E-state index in [4.69, 9.17) is 11.6 Å². The summed E-state index contributed by atoms with van der Waals surface area (Å²) in [7, 11) is -3.97. The van der Waals surface area contributed by atoms with Crippen molar-refractivity contribution >= 4 is 45.0 Å². The Balaban J connectivity index is 1.56. The molecule has 1 aliphatic carbocycles. The summed E-state index contributed by atoms with van der Waals surface area (Å²) in [6.07, 6.45) is 0.801. The minimum absolute atomic E-state index is 0.0186. The summed E-state index contributed by atoms with van der Waals surface area (Å²) in [5.74, 6) is -1.26. The van der Waals surface area contributed by atoms with Gasteiger partial charge in [-0.3, -0.25) is 30.0 Å². The Hall–Kier alpha value is -3.11. The van der Waals surface area contributed by atoms with E-state index >= 15 is 0 Å². The number of rotatable bonds is 7. The Morgan fingerprint density at radius 1 is 1.06 bits per heavy atom. The lowest BCUT2D eigenvalue weighted by molar-refractivity contribution is -0.127. The number of anilines is 1. The number of nitrogens with one attached hydrogen (secondary N) is 4. The van der Waals surface area contributed by atoms with Gasteiger partial charge in [-0.1, -0.05) is 30.7 Å². The van der Waals surface area contributed by atoms with Crippen molar-refractivity contribution in [2.75, 3.05) is 11.3 Å². The summed E-state index contributed by atoms with van der Waals surface area (Å²) < 4.78 is 27.6. The number of carbonyl (C=O) groups excluding carboxylic acids is 3. The van der Waals surface area contributed by atoms with Crippen LogP contribution in [0.2, 0.25) is 5.02 Å². The zero-order chi connectivity index (χ0) is 22.6. The van der Waals surface area contributed by atoms with E-state index in [1.54, 1.807) is 12.1 Å². The molecule has 2 atom stereocenters. The van der Waals surface area contributed by atoms with E-state index in [-0.39, 0.29) is 34.5 Å². The quantitative estimate of drug-likeness (QED) is 0.462. The average molecular weight is 465 g/mol. The SMILES string of the molecule is C[C@@H]1C[C@@H]1C(=O)NCC(=O)NNC(=O)c1cccc(S(=O)(=O)Nc2cccc(Cl)c2)c1. The van der Waals surface area contributed by atoms with Crippen LogP contribution in [0.1, 0.15) is 23.7 Å². The van der Waals surface area contributed by atoms with Crippen LogP contribution in [-0.2, 0) is 19.6 Å². The van der Waals surface area contributed by atoms with Crippen LogP contribution in [0.3, 0.4) is 0 Å². The summed E-state index contributed by atoms with van der Waals surface area (Å²) in [4.78, 5) is 35.7. The summed E-state index contributed by atoms with van der Waals surface area (Å²) >= 11 is 5.87. The van der Waals surface area contributed by atoms with Crippen molar-refractivity contribution < 1.29 is 22.8 Å². The van der Waals surface area contributed by atoms with Crippen LogP contribution in [0.15, 0.2) is 53.4 Å². The van der Waals surface area contributed by atoms with Gasteiger partial charge in [0.1, 0.15) is 0 Å². The molecule has 0 aromatic heterocycles. The molecule has 11 heteroatoms. The fourth-order valence-electron chi connectivity index (χ4n) is 2.80. The lowest BCUT2D eigenvalue weighted by Gasteiger charge is -2.11. The molecule has 9 nitrogen and oxygen atoms in total. The molecule has 0 aliphatic heterocycles. The van der Waals surface area contributed by atoms with Crippen molar-refractivity contribution in [2.24, 2.45) is 11.8 Å². The number of halogens is 1. The fraction of sp³-hybridized carbons (Fsp3) is 0.250. The molecule has 31 heavy (non-hydrogen) atoms. The smallest absolute Gasteiger partial charge is 0.269 e. The first-order valence-corrected chi connectivity index (χ1v) is 11.3. The molecule has 0 saturated heterocycles. The number of hydrazine groups is 1. The number of hydrogen-bond donors (Lipinski definition) is 4. The predicted octanol–water partition coefficient (Wildman–Crippen LogP) is 1.67. The number of carbonyl (C=O) groups is 3. The second kappa shape index (κ2) is 9.36. The van der Waals surface area contributed by atoms with Gasteiger partial charge in [0.15, 0.2) is 0 Å². The molecule has 1 saturated carbocycles. The van der Waals surface area contributed by atoms with E-state index in [0.29, 0.717) is 10.9 Å². The van der Waals surface area contributed by atoms with E-state index in [1.807, 2.05) is 6.92 Å². The summed E-state index contributed by atoms with van der Waals surface area (Å²) in [5.41, 5.74) is 4.66. The molecule has 164 valence electrons. The van der Waals surface area contributed by atoms with Gasteiger partial charge in [0.2, 0.25) is 5.91 Å². The monoisotopic (exact) mass is 464 g/mol. The molecule has 3 rings (SSSR count). The van der Waals surface area contributed by atoms with E-state index in [0.717, 1.165) is 6.42 Å². The Morgan fingerprint density at radius 3 is 2.45 bits per heavy atom. The maximum Gasteiger partial charge on any atom is 0.269 e. The van der Waals surface area contributed by atoms with Gasteiger partial charge in [-0.2, -0.15) is 0 Å². The highest BCUT2D eigenvalue weighted by atomic mass is 35.5. The van der Waals surface area contributed by atoms with Crippen molar-refractivity contribution in [1.82, 2.24) is 16.2 Å². The van der Waals surface area contributed by atoms with Gasteiger partial charge >= 0.3 is 0 Å². The summed E-state index contributed by atoms with van der Waals surface area (Å²) in [6.45, 7) is 1.67. The molecule has 0 heterocycles. The van der Waals surface area contributed by atoms with Crippen molar-refractivity contribution in [3.63, 3.8) is 0 Å². The van der Waals surface area contributed by atoms with E-state index in [1.165, 1.54) is 36.4 Å². The van der Waals surface area contributed by atoms with E-state index in [9.17, 15) is 22.8 Å². The third kappa shape index (κ3) is 6.19. The van der Waals surface area contributed by atoms with E-state index < -0.39 is 21.8 Å². The minimum atomic E-state index is -3.97. The minimum Gasteiger partial charge on any atom is -0.347 e. The zero-order valence-electron chi connectivity index (χ0n) is 16.5. The molecule has 0 bridgehead atoms. The molecule has 3 amide bonds. The van der Waals surface area contributed by atoms with Gasteiger partial charge in [0.05, 0.1) is 17.1 Å². The van der Waals surface area contributed by atoms with Crippen LogP contribution in [0.5, 0.6) is 0 Å². The lowest BCUT2D eigenvalue weighted by atomic mass is 10.2. The van der Waals surface area contributed by atoms with Crippen molar-refractivity contribution in [3.05, 3.63) is 59.1 Å². The van der Waals surface area contributed by atoms with Gasteiger partial charge in [-0.15, -0.1) is 0 Å². The zero-order valence-corrected chi connectivity index (χ0v) is 18.1. The van der Waals surface area contributed by atoms with Gasteiger partial charge in [0.25, 0.3) is 21.8 Å². The molecular weight excluding hydrogens is 444 g/mol. The highest BCUT2D eigenvalue weighted by molar-refractivity contribution is 7.92. The predicted molar refractivity (Wildman–Crippen MR) is 115 cm³/mol. The lowest BCUT2D eigenvalue weighted by Crippen LogP contribution is -2.46. The normalized spacial score (nSPS) is 17.4. The van der Waals surface area contributed by atoms with Crippen molar-refractivity contribution in [1.29, 1.82) is 0 Å². The molecule has 0 unspecified atom stereocenters. The standard InChI is InChI=1S/C20H21ClN4O5S/c1-12-8-17(12)20(28)22-11-18(26)23-24-19(27)13-4-2-7-16(9-13)31(29,30)25-15-6-3-5-14(21)10-15/h2-7,9-10,12,17,25H,8,11H2,1H3,(H,22,28)(H,23,26)(H,24,27)/t12-,17+/m1/s1. The topological polar surface area (TPSA) is 133 Å². The molecular formula is C20H21ClN4O5S. The summed E-state index contributed by atoms with van der Waals surface area (Å²) in [6, 6.07) is 11.5. The van der Waals surface area contributed by atoms with Gasteiger partial charge in [-0.25, -0.2) is 8.42 Å².